The summed E-state index contributed by atoms with van der Waals surface area (Å²) in [5.41, 5.74) is 4.93. The average Bonchev–Trinajstić information content (AvgIpc) is 2.16. The van der Waals surface area contributed by atoms with Gasteiger partial charge in [0.2, 0.25) is 0 Å². The van der Waals surface area contributed by atoms with Crippen molar-refractivity contribution in [2.45, 2.75) is 25.4 Å². The van der Waals surface area contributed by atoms with Crippen LogP contribution >= 0.6 is 11.6 Å². The molecule has 1 nitrogen and oxygen atoms in total. The SMILES string of the molecule is CC(CCN)c1ccc(Cl)cc1C(F)(F)F. The Hall–Kier alpha value is -0.740. The minimum atomic E-state index is -4.37. The Morgan fingerprint density at radius 2 is 2.00 bits per heavy atom. The van der Waals surface area contributed by atoms with Gasteiger partial charge in [0.05, 0.1) is 5.56 Å². The maximum Gasteiger partial charge on any atom is 0.416 e. The minimum absolute atomic E-state index is 0.0935. The predicted octanol–water partition coefficient (Wildman–Crippen LogP) is 3.81. The molecule has 0 saturated heterocycles. The lowest BCUT2D eigenvalue weighted by molar-refractivity contribution is -0.138. The van der Waals surface area contributed by atoms with Crippen molar-refractivity contribution in [3.63, 3.8) is 0 Å². The van der Waals surface area contributed by atoms with Crippen LogP contribution in [-0.4, -0.2) is 6.54 Å². The third kappa shape index (κ3) is 3.12. The topological polar surface area (TPSA) is 26.0 Å². The number of alkyl halides is 3. The standard InChI is InChI=1S/C11H13ClF3N/c1-7(4-5-16)9-3-2-8(12)6-10(9)11(13,14)15/h2-3,6-7H,4-5,16H2,1H3. The quantitative estimate of drug-likeness (QED) is 0.869. The molecule has 16 heavy (non-hydrogen) atoms. The summed E-state index contributed by atoms with van der Waals surface area (Å²) in [5.74, 6) is -0.223. The largest absolute Gasteiger partial charge is 0.416 e. The van der Waals surface area contributed by atoms with Crippen LogP contribution in [0.2, 0.25) is 5.02 Å². The number of hydrogen-bond donors (Lipinski definition) is 1. The molecule has 0 aromatic heterocycles. The first-order valence-electron chi connectivity index (χ1n) is 4.93. The number of nitrogens with two attached hydrogens (primary N) is 1. The highest BCUT2D eigenvalue weighted by molar-refractivity contribution is 6.30. The van der Waals surface area contributed by atoms with Gasteiger partial charge in [0, 0.05) is 5.02 Å². The maximum atomic E-state index is 12.7. The van der Waals surface area contributed by atoms with E-state index >= 15 is 0 Å². The van der Waals surface area contributed by atoms with E-state index in [1.165, 1.54) is 12.1 Å². The first kappa shape index (κ1) is 13.3. The highest BCUT2D eigenvalue weighted by Gasteiger charge is 2.34. The van der Waals surface area contributed by atoms with Gasteiger partial charge in [0.1, 0.15) is 0 Å². The Kier molecular flexibility index (Phi) is 4.21. The molecule has 1 atom stereocenters. The molecule has 90 valence electrons. The van der Waals surface area contributed by atoms with Gasteiger partial charge in [-0.3, -0.25) is 0 Å². The second-order valence-electron chi connectivity index (χ2n) is 3.71. The van der Waals surface area contributed by atoms with Crippen molar-refractivity contribution in [1.29, 1.82) is 0 Å². The van der Waals surface area contributed by atoms with E-state index in [-0.39, 0.29) is 16.5 Å². The summed E-state index contributed by atoms with van der Waals surface area (Å²) in [4.78, 5) is 0. The molecule has 0 bridgehead atoms. The van der Waals surface area contributed by atoms with Gasteiger partial charge in [-0.15, -0.1) is 0 Å². The Morgan fingerprint density at radius 3 is 2.50 bits per heavy atom. The van der Waals surface area contributed by atoms with Gasteiger partial charge in [-0.05, 0) is 36.6 Å². The third-order valence-electron chi connectivity index (χ3n) is 2.45. The zero-order valence-electron chi connectivity index (χ0n) is 8.81. The molecule has 5 heteroatoms. The zero-order chi connectivity index (χ0) is 12.3. The fraction of sp³-hybridized carbons (Fsp3) is 0.455. The smallest absolute Gasteiger partial charge is 0.330 e. The lowest BCUT2D eigenvalue weighted by Crippen LogP contribution is -2.13. The van der Waals surface area contributed by atoms with Crippen LogP contribution in [0, 0.1) is 0 Å². The molecule has 0 fully saturated rings. The van der Waals surface area contributed by atoms with E-state index in [9.17, 15) is 13.2 Å². The molecule has 1 rings (SSSR count). The minimum Gasteiger partial charge on any atom is -0.330 e. The van der Waals surface area contributed by atoms with Crippen molar-refractivity contribution in [3.8, 4) is 0 Å². The first-order chi connectivity index (χ1) is 7.36. The predicted molar refractivity (Wildman–Crippen MR) is 58.5 cm³/mol. The van der Waals surface area contributed by atoms with Gasteiger partial charge < -0.3 is 5.73 Å². The second-order valence-corrected chi connectivity index (χ2v) is 4.14. The molecule has 0 radical (unpaired) electrons. The lowest BCUT2D eigenvalue weighted by Gasteiger charge is -2.18. The number of hydrogen-bond acceptors (Lipinski definition) is 1. The van der Waals surface area contributed by atoms with Gasteiger partial charge in [0.25, 0.3) is 0 Å². The Labute approximate surface area is 97.4 Å². The monoisotopic (exact) mass is 251 g/mol. The molecule has 0 aliphatic carbocycles. The molecule has 0 heterocycles. The second kappa shape index (κ2) is 5.06. The number of halogens is 4. The molecule has 0 amide bonds. The average molecular weight is 252 g/mol. The van der Waals surface area contributed by atoms with E-state index in [1.807, 2.05) is 0 Å². The molecule has 1 unspecified atom stereocenters. The summed E-state index contributed by atoms with van der Waals surface area (Å²) in [5, 5.41) is 0.0935. The van der Waals surface area contributed by atoms with Crippen LogP contribution in [0.5, 0.6) is 0 Å². The van der Waals surface area contributed by atoms with Crippen molar-refractivity contribution >= 4 is 11.6 Å². The summed E-state index contributed by atoms with van der Waals surface area (Å²) in [6, 6.07) is 3.86. The van der Waals surface area contributed by atoms with E-state index in [0.717, 1.165) is 6.07 Å². The van der Waals surface area contributed by atoms with Crippen molar-refractivity contribution in [3.05, 3.63) is 34.3 Å². The van der Waals surface area contributed by atoms with Gasteiger partial charge in [-0.1, -0.05) is 24.6 Å². The molecular weight excluding hydrogens is 239 g/mol. The Morgan fingerprint density at radius 1 is 1.38 bits per heavy atom. The van der Waals surface area contributed by atoms with Crippen LogP contribution in [0.4, 0.5) is 13.2 Å². The normalized spacial score (nSPS) is 13.9. The lowest BCUT2D eigenvalue weighted by atomic mass is 9.93. The van der Waals surface area contributed by atoms with Crippen molar-refractivity contribution < 1.29 is 13.2 Å². The Bertz CT molecular complexity index is 363. The van der Waals surface area contributed by atoms with E-state index < -0.39 is 11.7 Å². The van der Waals surface area contributed by atoms with Crippen LogP contribution in [0.15, 0.2) is 18.2 Å². The van der Waals surface area contributed by atoms with Crippen molar-refractivity contribution in [2.75, 3.05) is 6.54 Å². The zero-order valence-corrected chi connectivity index (χ0v) is 9.57. The van der Waals surface area contributed by atoms with Crippen LogP contribution in [0.1, 0.15) is 30.4 Å². The molecule has 1 aromatic rings. The fourth-order valence-corrected chi connectivity index (χ4v) is 1.78. The summed E-state index contributed by atoms with van der Waals surface area (Å²) in [7, 11) is 0. The highest BCUT2D eigenvalue weighted by atomic mass is 35.5. The molecule has 2 N–H and O–H groups in total. The molecule has 1 aromatic carbocycles. The van der Waals surface area contributed by atoms with E-state index in [4.69, 9.17) is 17.3 Å². The summed E-state index contributed by atoms with van der Waals surface area (Å²) < 4.78 is 38.2. The van der Waals surface area contributed by atoms with E-state index in [1.54, 1.807) is 6.92 Å². The number of rotatable bonds is 3. The molecule has 0 aliphatic heterocycles. The fourth-order valence-electron chi connectivity index (χ4n) is 1.61. The molecule has 0 spiro atoms. The van der Waals surface area contributed by atoms with Gasteiger partial charge in [0.15, 0.2) is 0 Å². The summed E-state index contributed by atoms with van der Waals surface area (Å²) in [6.07, 6.45) is -3.85. The van der Waals surface area contributed by atoms with Gasteiger partial charge in [-0.2, -0.15) is 13.2 Å². The van der Waals surface area contributed by atoms with Crippen molar-refractivity contribution in [2.24, 2.45) is 5.73 Å². The van der Waals surface area contributed by atoms with Crippen LogP contribution < -0.4 is 5.73 Å². The summed E-state index contributed by atoms with van der Waals surface area (Å²) >= 11 is 5.58. The van der Waals surface area contributed by atoms with Crippen LogP contribution in [-0.2, 0) is 6.18 Å². The van der Waals surface area contributed by atoms with Crippen LogP contribution in [0.3, 0.4) is 0 Å². The molecule has 0 saturated carbocycles. The number of benzene rings is 1. The molecular formula is C11H13ClF3N. The van der Waals surface area contributed by atoms with Crippen molar-refractivity contribution in [1.82, 2.24) is 0 Å². The summed E-state index contributed by atoms with van der Waals surface area (Å²) in [6.45, 7) is 2.09. The van der Waals surface area contributed by atoms with Gasteiger partial charge >= 0.3 is 6.18 Å². The Balaban J connectivity index is 3.18. The van der Waals surface area contributed by atoms with E-state index in [0.29, 0.717) is 13.0 Å². The maximum absolute atomic E-state index is 12.7. The van der Waals surface area contributed by atoms with E-state index in [2.05, 4.69) is 0 Å². The molecule has 0 aliphatic rings. The highest BCUT2D eigenvalue weighted by Crippen LogP contribution is 2.37. The first-order valence-corrected chi connectivity index (χ1v) is 5.30. The third-order valence-corrected chi connectivity index (χ3v) is 2.69. The van der Waals surface area contributed by atoms with Crippen LogP contribution in [0.25, 0.3) is 0 Å². The van der Waals surface area contributed by atoms with Gasteiger partial charge in [-0.25, -0.2) is 0 Å².